The van der Waals surface area contributed by atoms with E-state index in [-0.39, 0.29) is 5.82 Å². The van der Waals surface area contributed by atoms with Crippen molar-refractivity contribution in [2.45, 2.75) is 25.7 Å². The second-order valence-electron chi connectivity index (χ2n) is 4.87. The number of halogens is 3. The standard InChI is InChI=1S/C15H13F3N2/c16-11-8-12(17)15(20-14(11)18)19-13-7-3-5-9-4-1-2-6-10(9)13/h3,5,7-8H,1-2,4,6H2,(H,19,20). The molecule has 0 unspecified atom stereocenters. The van der Waals surface area contributed by atoms with Gasteiger partial charge in [-0.2, -0.15) is 9.37 Å². The average Bonchev–Trinajstić information content (AvgIpc) is 2.45. The Labute approximate surface area is 114 Å². The van der Waals surface area contributed by atoms with E-state index in [4.69, 9.17) is 0 Å². The SMILES string of the molecule is Fc1cc(F)c(Nc2cccc3c2CCCC3)nc1F. The highest BCUT2D eigenvalue weighted by Gasteiger charge is 2.16. The van der Waals surface area contributed by atoms with Crippen LogP contribution >= 0.6 is 0 Å². The lowest BCUT2D eigenvalue weighted by Gasteiger charge is -2.20. The van der Waals surface area contributed by atoms with Crippen molar-refractivity contribution in [2.24, 2.45) is 0 Å². The molecule has 0 aliphatic heterocycles. The van der Waals surface area contributed by atoms with Crippen LogP contribution in [0.5, 0.6) is 0 Å². The summed E-state index contributed by atoms with van der Waals surface area (Å²) in [6.45, 7) is 0. The number of benzene rings is 1. The highest BCUT2D eigenvalue weighted by molar-refractivity contribution is 5.63. The van der Waals surface area contributed by atoms with Crippen LogP contribution in [0.4, 0.5) is 24.7 Å². The van der Waals surface area contributed by atoms with Gasteiger partial charge in [0.25, 0.3) is 5.95 Å². The van der Waals surface area contributed by atoms with Gasteiger partial charge in [0.05, 0.1) is 0 Å². The molecule has 0 spiro atoms. The monoisotopic (exact) mass is 278 g/mol. The Bertz CT molecular complexity index is 656. The van der Waals surface area contributed by atoms with Crippen LogP contribution in [0.3, 0.4) is 0 Å². The Hall–Kier alpha value is -2.04. The molecule has 5 heteroatoms. The maximum Gasteiger partial charge on any atom is 0.251 e. The first-order valence-corrected chi connectivity index (χ1v) is 6.54. The number of rotatable bonds is 2. The van der Waals surface area contributed by atoms with Gasteiger partial charge in [-0.25, -0.2) is 8.78 Å². The van der Waals surface area contributed by atoms with E-state index >= 15 is 0 Å². The van der Waals surface area contributed by atoms with Crippen molar-refractivity contribution < 1.29 is 13.2 Å². The number of hydrogen-bond acceptors (Lipinski definition) is 2. The van der Waals surface area contributed by atoms with Crippen molar-refractivity contribution in [1.82, 2.24) is 4.98 Å². The maximum atomic E-state index is 13.6. The van der Waals surface area contributed by atoms with Gasteiger partial charge in [-0.1, -0.05) is 12.1 Å². The summed E-state index contributed by atoms with van der Waals surface area (Å²) in [5.41, 5.74) is 3.02. The molecule has 1 heterocycles. The summed E-state index contributed by atoms with van der Waals surface area (Å²) in [5, 5.41) is 2.78. The lowest BCUT2D eigenvalue weighted by Crippen LogP contribution is -2.08. The number of hydrogen-bond donors (Lipinski definition) is 1. The molecule has 20 heavy (non-hydrogen) atoms. The zero-order valence-electron chi connectivity index (χ0n) is 10.7. The van der Waals surface area contributed by atoms with Crippen molar-refractivity contribution in [3.63, 3.8) is 0 Å². The molecular weight excluding hydrogens is 265 g/mol. The number of nitrogens with zero attached hydrogens (tertiary/aromatic N) is 1. The topological polar surface area (TPSA) is 24.9 Å². The molecule has 0 atom stereocenters. The van der Waals surface area contributed by atoms with Crippen LogP contribution in [0.25, 0.3) is 0 Å². The molecule has 2 aromatic rings. The van der Waals surface area contributed by atoms with Crippen LogP contribution < -0.4 is 5.32 Å². The lowest BCUT2D eigenvalue weighted by molar-refractivity contribution is 0.467. The van der Waals surface area contributed by atoms with Gasteiger partial charge in [0.2, 0.25) is 0 Å². The van der Waals surface area contributed by atoms with E-state index in [9.17, 15) is 13.2 Å². The number of aryl methyl sites for hydroxylation is 1. The minimum Gasteiger partial charge on any atom is -0.337 e. The number of pyridine rings is 1. The summed E-state index contributed by atoms with van der Waals surface area (Å²) in [7, 11) is 0. The molecule has 1 aliphatic carbocycles. The summed E-state index contributed by atoms with van der Waals surface area (Å²) in [4.78, 5) is 3.29. The van der Waals surface area contributed by atoms with Crippen molar-refractivity contribution in [2.75, 3.05) is 5.32 Å². The molecule has 1 aromatic heterocycles. The second-order valence-corrected chi connectivity index (χ2v) is 4.87. The Morgan fingerprint density at radius 3 is 2.65 bits per heavy atom. The second kappa shape index (κ2) is 5.15. The lowest BCUT2D eigenvalue weighted by atomic mass is 9.90. The normalized spacial score (nSPS) is 13.9. The van der Waals surface area contributed by atoms with Crippen molar-refractivity contribution in [3.8, 4) is 0 Å². The van der Waals surface area contributed by atoms with Gasteiger partial charge >= 0.3 is 0 Å². The van der Waals surface area contributed by atoms with Crippen molar-refractivity contribution >= 4 is 11.5 Å². The number of anilines is 2. The van der Waals surface area contributed by atoms with Crippen LogP contribution in [-0.2, 0) is 12.8 Å². The van der Waals surface area contributed by atoms with E-state index in [2.05, 4.69) is 10.3 Å². The third kappa shape index (κ3) is 2.35. The van der Waals surface area contributed by atoms with Gasteiger partial charge in [0.15, 0.2) is 17.5 Å². The van der Waals surface area contributed by atoms with E-state index in [1.165, 1.54) is 5.56 Å². The predicted molar refractivity (Wildman–Crippen MR) is 70.5 cm³/mol. The van der Waals surface area contributed by atoms with E-state index in [1.807, 2.05) is 12.1 Å². The van der Waals surface area contributed by atoms with Crippen molar-refractivity contribution in [3.05, 3.63) is 53.0 Å². The molecule has 0 amide bonds. The van der Waals surface area contributed by atoms with Crippen LogP contribution in [0.2, 0.25) is 0 Å². The Morgan fingerprint density at radius 2 is 1.80 bits per heavy atom. The minimum atomic E-state index is -1.31. The largest absolute Gasteiger partial charge is 0.337 e. The molecule has 0 fully saturated rings. The molecule has 3 rings (SSSR count). The van der Waals surface area contributed by atoms with Gasteiger partial charge < -0.3 is 5.32 Å². The molecular formula is C15H13F3N2. The molecule has 1 N–H and O–H groups in total. The van der Waals surface area contributed by atoms with Crippen LogP contribution in [-0.4, -0.2) is 4.98 Å². The fourth-order valence-electron chi connectivity index (χ4n) is 2.56. The Morgan fingerprint density at radius 1 is 1.00 bits per heavy atom. The average molecular weight is 278 g/mol. The third-order valence-electron chi connectivity index (χ3n) is 3.54. The molecule has 0 radical (unpaired) electrons. The molecule has 0 saturated carbocycles. The molecule has 0 saturated heterocycles. The van der Waals surface area contributed by atoms with Crippen molar-refractivity contribution in [1.29, 1.82) is 0 Å². The minimum absolute atomic E-state index is 0.289. The zero-order chi connectivity index (χ0) is 14.1. The van der Waals surface area contributed by atoms with Crippen LogP contribution in [0.1, 0.15) is 24.0 Å². The van der Waals surface area contributed by atoms with Gasteiger partial charge in [-0.3, -0.25) is 0 Å². The number of aromatic nitrogens is 1. The summed E-state index contributed by atoms with van der Waals surface area (Å²) in [6.07, 6.45) is 4.08. The quantitative estimate of drug-likeness (QED) is 0.836. The van der Waals surface area contributed by atoms with E-state index in [1.54, 1.807) is 6.07 Å². The van der Waals surface area contributed by atoms with Crippen LogP contribution in [0, 0.1) is 17.6 Å². The fourth-order valence-corrected chi connectivity index (χ4v) is 2.56. The summed E-state index contributed by atoms with van der Waals surface area (Å²) in [5.74, 6) is -3.79. The summed E-state index contributed by atoms with van der Waals surface area (Å²) in [6, 6.07) is 6.20. The van der Waals surface area contributed by atoms with Gasteiger partial charge in [0, 0.05) is 11.8 Å². The zero-order valence-corrected chi connectivity index (χ0v) is 10.7. The van der Waals surface area contributed by atoms with E-state index in [0.717, 1.165) is 31.2 Å². The smallest absolute Gasteiger partial charge is 0.251 e. The first kappa shape index (κ1) is 13.0. The highest BCUT2D eigenvalue weighted by atomic mass is 19.2. The predicted octanol–water partition coefficient (Wildman–Crippen LogP) is 4.12. The van der Waals surface area contributed by atoms with E-state index < -0.39 is 17.6 Å². The van der Waals surface area contributed by atoms with Gasteiger partial charge in [-0.15, -0.1) is 0 Å². The first-order valence-electron chi connectivity index (χ1n) is 6.54. The Balaban J connectivity index is 1.98. The number of fused-ring (bicyclic) bond motifs is 1. The van der Waals surface area contributed by atoms with E-state index in [0.29, 0.717) is 11.8 Å². The molecule has 0 bridgehead atoms. The highest BCUT2D eigenvalue weighted by Crippen LogP contribution is 2.30. The van der Waals surface area contributed by atoms with Gasteiger partial charge in [0.1, 0.15) is 0 Å². The number of nitrogens with one attached hydrogen (secondary N) is 1. The third-order valence-corrected chi connectivity index (χ3v) is 3.54. The van der Waals surface area contributed by atoms with Gasteiger partial charge in [-0.05, 0) is 42.9 Å². The summed E-state index contributed by atoms with van der Waals surface area (Å²) >= 11 is 0. The molecule has 1 aromatic carbocycles. The molecule has 2 nitrogen and oxygen atoms in total. The molecule has 1 aliphatic rings. The molecule has 104 valence electrons. The summed E-state index contributed by atoms with van der Waals surface area (Å²) < 4.78 is 39.6. The maximum absolute atomic E-state index is 13.6. The van der Waals surface area contributed by atoms with Crippen LogP contribution in [0.15, 0.2) is 24.3 Å². The Kier molecular flexibility index (Phi) is 3.34. The first-order chi connectivity index (χ1) is 9.65. The fraction of sp³-hybridized carbons (Fsp3) is 0.267.